The van der Waals surface area contributed by atoms with Gasteiger partial charge in [-0.3, -0.25) is 4.79 Å². The summed E-state index contributed by atoms with van der Waals surface area (Å²) in [5.74, 6) is -0.343. The van der Waals surface area contributed by atoms with Crippen molar-refractivity contribution in [3.8, 4) is 0 Å². The second-order valence-corrected chi connectivity index (χ2v) is 8.62. The summed E-state index contributed by atoms with van der Waals surface area (Å²) in [7, 11) is 0. The van der Waals surface area contributed by atoms with Crippen LogP contribution in [-0.4, -0.2) is 45.2 Å². The number of aliphatic hydroxyl groups is 2. The van der Waals surface area contributed by atoms with Gasteiger partial charge in [-0.2, -0.15) is 0 Å². The van der Waals surface area contributed by atoms with Crippen LogP contribution in [0.5, 0.6) is 0 Å². The van der Waals surface area contributed by atoms with Crippen LogP contribution < -0.4 is 0 Å². The Hall–Kier alpha value is -1.57. The number of thioether (sulfide) groups is 1. The zero-order valence-electron chi connectivity index (χ0n) is 18.1. The molecule has 1 aliphatic rings. The van der Waals surface area contributed by atoms with E-state index in [0.29, 0.717) is 37.2 Å². The van der Waals surface area contributed by atoms with E-state index in [2.05, 4.69) is 6.92 Å². The molecule has 0 unspecified atom stereocenters. The molecule has 170 valence electrons. The molecule has 0 heterocycles. The molecule has 0 bridgehead atoms. The summed E-state index contributed by atoms with van der Waals surface area (Å²) in [6.45, 7) is 4.02. The number of unbranched alkanes of at least 4 members (excludes halogenated alkanes) is 3. The highest BCUT2D eigenvalue weighted by Gasteiger charge is 2.34. The first-order chi connectivity index (χ1) is 14.4. The van der Waals surface area contributed by atoms with E-state index >= 15 is 0 Å². The normalized spacial score (nSPS) is 20.4. The van der Waals surface area contributed by atoms with E-state index in [4.69, 9.17) is 9.84 Å². The van der Waals surface area contributed by atoms with Gasteiger partial charge in [0.1, 0.15) is 5.76 Å². The number of esters is 1. The van der Waals surface area contributed by atoms with E-state index in [-0.39, 0.29) is 18.3 Å². The maximum atomic E-state index is 12.0. The van der Waals surface area contributed by atoms with Crippen molar-refractivity contribution >= 4 is 23.7 Å². The van der Waals surface area contributed by atoms with Crippen molar-refractivity contribution in [1.82, 2.24) is 0 Å². The molecule has 0 aromatic heterocycles. The van der Waals surface area contributed by atoms with Crippen LogP contribution in [0.1, 0.15) is 71.6 Å². The minimum Gasteiger partial charge on any atom is -0.478 e. The summed E-state index contributed by atoms with van der Waals surface area (Å²) < 4.78 is 5.53. The Morgan fingerprint density at radius 2 is 2.00 bits per heavy atom. The third kappa shape index (κ3) is 10.5. The third-order valence-electron chi connectivity index (χ3n) is 4.75. The Morgan fingerprint density at radius 3 is 2.67 bits per heavy atom. The van der Waals surface area contributed by atoms with Crippen molar-refractivity contribution in [3.63, 3.8) is 0 Å². The Labute approximate surface area is 184 Å². The number of ether oxygens (including phenoxy) is 1. The van der Waals surface area contributed by atoms with Gasteiger partial charge in [-0.25, -0.2) is 4.79 Å². The number of aliphatic carboxylic acids is 1. The number of aliphatic hydroxyl groups excluding tert-OH is 2. The highest BCUT2D eigenvalue weighted by Crippen LogP contribution is 2.41. The molecule has 3 atom stereocenters. The fourth-order valence-corrected chi connectivity index (χ4v) is 4.42. The average Bonchev–Trinajstić information content (AvgIpc) is 2.97. The predicted octanol–water partition coefficient (Wildman–Crippen LogP) is 4.57. The van der Waals surface area contributed by atoms with Crippen LogP contribution in [0.4, 0.5) is 0 Å². The van der Waals surface area contributed by atoms with Gasteiger partial charge in [-0.1, -0.05) is 51.3 Å². The zero-order chi connectivity index (χ0) is 22.4. The second kappa shape index (κ2) is 15.3. The van der Waals surface area contributed by atoms with Crippen LogP contribution in [0.25, 0.3) is 0 Å². The number of carboxylic acid groups (broad SMARTS) is 1. The summed E-state index contributed by atoms with van der Waals surface area (Å²) in [6.07, 6.45) is 11.6. The van der Waals surface area contributed by atoms with Crippen molar-refractivity contribution in [2.24, 2.45) is 5.92 Å². The molecule has 0 aliphatic heterocycles. The molecule has 0 aromatic rings. The molecule has 0 spiro atoms. The summed E-state index contributed by atoms with van der Waals surface area (Å²) >= 11 is 1.52. The number of hydrogen-bond acceptors (Lipinski definition) is 6. The van der Waals surface area contributed by atoms with Crippen LogP contribution in [0, 0.1) is 5.92 Å². The Kier molecular flexibility index (Phi) is 13.5. The largest absolute Gasteiger partial charge is 0.478 e. The fourth-order valence-electron chi connectivity index (χ4n) is 3.17. The van der Waals surface area contributed by atoms with Gasteiger partial charge in [0.2, 0.25) is 0 Å². The van der Waals surface area contributed by atoms with Gasteiger partial charge in [0.05, 0.1) is 12.2 Å². The monoisotopic (exact) mass is 440 g/mol. The highest BCUT2D eigenvalue weighted by atomic mass is 32.2. The smallest absolute Gasteiger partial charge is 0.327 e. The minimum absolute atomic E-state index is 0.275. The third-order valence-corrected chi connectivity index (χ3v) is 6.06. The molecule has 30 heavy (non-hydrogen) atoms. The van der Waals surface area contributed by atoms with Crippen molar-refractivity contribution in [1.29, 1.82) is 0 Å². The average molecular weight is 441 g/mol. The maximum absolute atomic E-state index is 12.0. The van der Waals surface area contributed by atoms with Gasteiger partial charge >= 0.3 is 11.9 Å². The lowest BCUT2D eigenvalue weighted by Gasteiger charge is -2.15. The van der Waals surface area contributed by atoms with Gasteiger partial charge in [-0.15, -0.1) is 11.8 Å². The number of carbonyl (C=O) groups is 2. The van der Waals surface area contributed by atoms with E-state index < -0.39 is 18.2 Å². The molecule has 6 nitrogen and oxygen atoms in total. The predicted molar refractivity (Wildman–Crippen MR) is 120 cm³/mol. The van der Waals surface area contributed by atoms with E-state index in [9.17, 15) is 19.8 Å². The van der Waals surface area contributed by atoms with E-state index in [1.165, 1.54) is 11.8 Å². The number of rotatable bonds is 15. The molecule has 1 rings (SSSR count). The molecule has 1 aliphatic carbocycles. The van der Waals surface area contributed by atoms with Gasteiger partial charge in [0, 0.05) is 29.7 Å². The molecule has 3 N–H and O–H groups in total. The standard InChI is InChI=1S/C23H36O6S/c1-3-5-7-11-17(24)13-14-18-19(25)16-20(29-22(28)10-4-2)23(18)30-15-9-6-8-12-21(26)27/h8,12-14,17-19,24-25H,3-7,9-11,15-16H2,1-2H3,(H,26,27)/t17-,18-,19+/m0/s1. The van der Waals surface area contributed by atoms with Crippen LogP contribution in [0.15, 0.2) is 35.0 Å². The molecular formula is C23H36O6S. The second-order valence-electron chi connectivity index (χ2n) is 7.49. The van der Waals surface area contributed by atoms with Crippen LogP contribution >= 0.6 is 11.8 Å². The first kappa shape index (κ1) is 26.5. The Balaban J connectivity index is 2.79. The number of allylic oxidation sites excluding steroid dienone is 1. The molecular weight excluding hydrogens is 404 g/mol. The first-order valence-electron chi connectivity index (χ1n) is 10.9. The van der Waals surface area contributed by atoms with E-state index in [1.54, 1.807) is 12.2 Å². The van der Waals surface area contributed by atoms with Crippen molar-refractivity contribution < 1.29 is 29.6 Å². The molecule has 0 fully saturated rings. The minimum atomic E-state index is -0.961. The lowest BCUT2D eigenvalue weighted by Crippen LogP contribution is -2.14. The molecule has 0 aromatic carbocycles. The lowest BCUT2D eigenvalue weighted by molar-refractivity contribution is -0.139. The Bertz CT molecular complexity index is 625. The number of carbonyl (C=O) groups excluding carboxylic acids is 1. The quantitative estimate of drug-likeness (QED) is 0.148. The summed E-state index contributed by atoms with van der Waals surface area (Å²) in [6, 6.07) is 0. The number of hydrogen-bond donors (Lipinski definition) is 3. The SMILES string of the molecule is CCCCC[C@H](O)C=C[C@@H]1C(SCCCC=CC(=O)O)=C(OC(=O)CCC)C[C@H]1O. The molecule has 0 amide bonds. The zero-order valence-corrected chi connectivity index (χ0v) is 18.9. The van der Waals surface area contributed by atoms with Gasteiger partial charge < -0.3 is 20.1 Å². The number of carboxylic acids is 1. The Morgan fingerprint density at radius 1 is 1.23 bits per heavy atom. The molecule has 7 heteroatoms. The van der Waals surface area contributed by atoms with Gasteiger partial charge in [-0.05, 0) is 31.4 Å². The van der Waals surface area contributed by atoms with Gasteiger partial charge in [0.15, 0.2) is 0 Å². The fraction of sp³-hybridized carbons (Fsp3) is 0.652. The van der Waals surface area contributed by atoms with E-state index in [0.717, 1.165) is 36.7 Å². The van der Waals surface area contributed by atoms with Gasteiger partial charge in [0.25, 0.3) is 0 Å². The maximum Gasteiger partial charge on any atom is 0.327 e. The molecule has 0 saturated carbocycles. The summed E-state index contributed by atoms with van der Waals surface area (Å²) in [5, 5.41) is 29.4. The summed E-state index contributed by atoms with van der Waals surface area (Å²) in [5.41, 5.74) is 0. The lowest BCUT2D eigenvalue weighted by atomic mass is 10.0. The van der Waals surface area contributed by atoms with Crippen LogP contribution in [0.2, 0.25) is 0 Å². The first-order valence-corrected chi connectivity index (χ1v) is 11.9. The van der Waals surface area contributed by atoms with Crippen molar-refractivity contribution in [3.05, 3.63) is 35.0 Å². The van der Waals surface area contributed by atoms with Crippen molar-refractivity contribution in [2.45, 2.75) is 83.8 Å². The highest BCUT2D eigenvalue weighted by molar-refractivity contribution is 8.03. The van der Waals surface area contributed by atoms with Crippen LogP contribution in [0.3, 0.4) is 0 Å². The van der Waals surface area contributed by atoms with Crippen LogP contribution in [-0.2, 0) is 14.3 Å². The molecule has 0 saturated heterocycles. The topological polar surface area (TPSA) is 104 Å². The van der Waals surface area contributed by atoms with Crippen molar-refractivity contribution in [2.75, 3.05) is 5.75 Å². The van der Waals surface area contributed by atoms with E-state index in [1.807, 2.05) is 13.0 Å². The summed E-state index contributed by atoms with van der Waals surface area (Å²) in [4.78, 5) is 23.3. The molecule has 0 radical (unpaired) electrons.